The lowest BCUT2D eigenvalue weighted by Gasteiger charge is -2.20. The van der Waals surface area contributed by atoms with E-state index >= 15 is 0 Å². The van der Waals surface area contributed by atoms with Gasteiger partial charge in [-0.25, -0.2) is 0 Å². The van der Waals surface area contributed by atoms with Crippen molar-refractivity contribution in [1.82, 2.24) is 16.0 Å². The molecule has 3 N–H and O–H groups in total. The van der Waals surface area contributed by atoms with Crippen LogP contribution in [0.15, 0.2) is 0 Å². The molecule has 1 saturated heterocycles. The molecule has 0 aromatic heterocycles. The van der Waals surface area contributed by atoms with Crippen LogP contribution in [0, 0.1) is 5.92 Å². The minimum Gasteiger partial charge on any atom is -0.350 e. The predicted octanol–water partition coefficient (Wildman–Crippen LogP) is 0.439. The summed E-state index contributed by atoms with van der Waals surface area (Å²) in [6.07, 6.45) is 1.55. The predicted molar refractivity (Wildman–Crippen MR) is 73.7 cm³/mol. The van der Waals surface area contributed by atoms with E-state index < -0.39 is 0 Å². The van der Waals surface area contributed by atoms with E-state index in [-0.39, 0.29) is 36.3 Å². The van der Waals surface area contributed by atoms with Crippen molar-refractivity contribution in [2.75, 3.05) is 19.6 Å². The van der Waals surface area contributed by atoms with Crippen LogP contribution in [0.2, 0.25) is 0 Å². The summed E-state index contributed by atoms with van der Waals surface area (Å²) in [5, 5.41) is 8.67. The summed E-state index contributed by atoms with van der Waals surface area (Å²) in [6.45, 7) is 7.70. The molecule has 1 aliphatic rings. The first kappa shape index (κ1) is 17.2. The van der Waals surface area contributed by atoms with Gasteiger partial charge in [0.2, 0.25) is 11.8 Å². The smallest absolute Gasteiger partial charge is 0.239 e. The monoisotopic (exact) mass is 277 g/mol. The second-order valence-electron chi connectivity index (χ2n) is 5.64. The SMILES string of the molecule is CC(C)(C)NC(=O)CNC(=O)CC1CCNC1.Cl. The molecule has 1 heterocycles. The van der Waals surface area contributed by atoms with Gasteiger partial charge in [-0.1, -0.05) is 0 Å². The van der Waals surface area contributed by atoms with E-state index in [0.717, 1.165) is 19.5 Å². The van der Waals surface area contributed by atoms with Crippen molar-refractivity contribution in [2.24, 2.45) is 5.92 Å². The molecule has 18 heavy (non-hydrogen) atoms. The third-order valence-corrected chi connectivity index (χ3v) is 2.60. The quantitative estimate of drug-likeness (QED) is 0.698. The van der Waals surface area contributed by atoms with E-state index in [1.165, 1.54) is 0 Å². The minimum absolute atomic E-state index is 0. The van der Waals surface area contributed by atoms with Crippen molar-refractivity contribution in [3.05, 3.63) is 0 Å². The molecule has 0 spiro atoms. The first-order valence-corrected chi connectivity index (χ1v) is 6.15. The summed E-state index contributed by atoms with van der Waals surface area (Å²) in [5.41, 5.74) is -0.253. The van der Waals surface area contributed by atoms with E-state index in [1.54, 1.807) is 0 Å². The Balaban J connectivity index is 0.00000289. The van der Waals surface area contributed by atoms with Crippen LogP contribution in [0.3, 0.4) is 0 Å². The number of hydrogen-bond donors (Lipinski definition) is 3. The lowest BCUT2D eigenvalue weighted by molar-refractivity contribution is -0.127. The maximum Gasteiger partial charge on any atom is 0.239 e. The molecule has 0 aromatic carbocycles. The molecule has 0 saturated carbocycles. The first-order chi connectivity index (χ1) is 7.87. The van der Waals surface area contributed by atoms with Crippen LogP contribution < -0.4 is 16.0 Å². The molecule has 5 nitrogen and oxygen atoms in total. The van der Waals surface area contributed by atoms with Crippen molar-refractivity contribution >= 4 is 24.2 Å². The Kier molecular flexibility index (Phi) is 7.25. The number of carbonyl (C=O) groups is 2. The van der Waals surface area contributed by atoms with Crippen molar-refractivity contribution in [3.63, 3.8) is 0 Å². The Labute approximate surface area is 115 Å². The van der Waals surface area contributed by atoms with E-state index in [9.17, 15) is 9.59 Å². The van der Waals surface area contributed by atoms with E-state index in [0.29, 0.717) is 12.3 Å². The summed E-state index contributed by atoms with van der Waals surface area (Å²) >= 11 is 0. The molecule has 1 atom stereocenters. The second kappa shape index (κ2) is 7.59. The van der Waals surface area contributed by atoms with Crippen LogP contribution in [0.25, 0.3) is 0 Å². The fraction of sp³-hybridized carbons (Fsp3) is 0.833. The highest BCUT2D eigenvalue weighted by molar-refractivity contribution is 5.85. The highest BCUT2D eigenvalue weighted by Gasteiger charge is 2.19. The summed E-state index contributed by atoms with van der Waals surface area (Å²) < 4.78 is 0. The summed E-state index contributed by atoms with van der Waals surface area (Å²) in [6, 6.07) is 0. The number of hydrogen-bond acceptors (Lipinski definition) is 3. The van der Waals surface area contributed by atoms with Crippen LogP contribution in [0.1, 0.15) is 33.6 Å². The molecule has 0 aliphatic carbocycles. The van der Waals surface area contributed by atoms with Gasteiger partial charge in [0.25, 0.3) is 0 Å². The van der Waals surface area contributed by atoms with Crippen LogP contribution in [0.4, 0.5) is 0 Å². The van der Waals surface area contributed by atoms with Crippen LogP contribution in [-0.2, 0) is 9.59 Å². The highest BCUT2D eigenvalue weighted by atomic mass is 35.5. The topological polar surface area (TPSA) is 70.2 Å². The molecular formula is C12H24ClN3O2. The Morgan fingerprint density at radius 3 is 2.44 bits per heavy atom. The maximum atomic E-state index is 11.6. The number of halogens is 1. The standard InChI is InChI=1S/C12H23N3O2.ClH/c1-12(2,3)15-11(17)8-14-10(16)6-9-4-5-13-7-9;/h9,13H,4-8H2,1-3H3,(H,14,16)(H,15,17);1H. The molecule has 0 bridgehead atoms. The van der Waals surface area contributed by atoms with Crippen molar-refractivity contribution in [2.45, 2.75) is 39.2 Å². The normalized spacial score (nSPS) is 18.9. The highest BCUT2D eigenvalue weighted by Crippen LogP contribution is 2.11. The largest absolute Gasteiger partial charge is 0.350 e. The van der Waals surface area contributed by atoms with E-state index in [1.807, 2.05) is 20.8 Å². The molecule has 1 aliphatic heterocycles. The Bertz CT molecular complexity index is 284. The summed E-state index contributed by atoms with van der Waals surface area (Å²) in [4.78, 5) is 23.0. The molecule has 1 unspecified atom stereocenters. The van der Waals surface area contributed by atoms with Gasteiger partial charge in [-0.05, 0) is 46.2 Å². The van der Waals surface area contributed by atoms with Gasteiger partial charge in [0.15, 0.2) is 0 Å². The van der Waals surface area contributed by atoms with Gasteiger partial charge in [0.1, 0.15) is 0 Å². The van der Waals surface area contributed by atoms with Crippen LogP contribution in [0.5, 0.6) is 0 Å². The number of amides is 2. The third-order valence-electron chi connectivity index (χ3n) is 2.60. The van der Waals surface area contributed by atoms with Crippen molar-refractivity contribution < 1.29 is 9.59 Å². The average molecular weight is 278 g/mol. The second-order valence-corrected chi connectivity index (χ2v) is 5.64. The molecular weight excluding hydrogens is 254 g/mol. The van der Waals surface area contributed by atoms with E-state index in [4.69, 9.17) is 0 Å². The minimum atomic E-state index is -0.253. The van der Waals surface area contributed by atoms with Gasteiger partial charge in [-0.3, -0.25) is 9.59 Å². The molecule has 1 rings (SSSR count). The fourth-order valence-electron chi connectivity index (χ4n) is 1.86. The molecule has 0 radical (unpaired) electrons. The van der Waals surface area contributed by atoms with Crippen molar-refractivity contribution in [1.29, 1.82) is 0 Å². The summed E-state index contributed by atoms with van der Waals surface area (Å²) in [7, 11) is 0. The van der Waals surface area contributed by atoms with Gasteiger partial charge in [0, 0.05) is 12.0 Å². The zero-order chi connectivity index (χ0) is 12.9. The van der Waals surface area contributed by atoms with Gasteiger partial charge in [-0.15, -0.1) is 12.4 Å². The van der Waals surface area contributed by atoms with Gasteiger partial charge >= 0.3 is 0 Å². The van der Waals surface area contributed by atoms with Gasteiger partial charge in [0.05, 0.1) is 6.54 Å². The fourth-order valence-corrected chi connectivity index (χ4v) is 1.86. The van der Waals surface area contributed by atoms with Crippen LogP contribution in [-0.4, -0.2) is 37.0 Å². The summed E-state index contributed by atoms with van der Waals surface area (Å²) in [5.74, 6) is 0.235. The lowest BCUT2D eigenvalue weighted by atomic mass is 10.0. The Morgan fingerprint density at radius 1 is 1.28 bits per heavy atom. The van der Waals surface area contributed by atoms with Gasteiger partial charge < -0.3 is 16.0 Å². The molecule has 106 valence electrons. The zero-order valence-corrected chi connectivity index (χ0v) is 12.2. The van der Waals surface area contributed by atoms with E-state index in [2.05, 4.69) is 16.0 Å². The molecule has 6 heteroatoms. The number of carbonyl (C=O) groups excluding carboxylic acids is 2. The first-order valence-electron chi connectivity index (χ1n) is 6.15. The third kappa shape index (κ3) is 7.50. The molecule has 0 aromatic rings. The number of nitrogens with one attached hydrogen (secondary N) is 3. The average Bonchev–Trinajstić information content (AvgIpc) is 2.64. The zero-order valence-electron chi connectivity index (χ0n) is 11.3. The number of rotatable bonds is 4. The molecule has 2 amide bonds. The lowest BCUT2D eigenvalue weighted by Crippen LogP contribution is -2.46. The van der Waals surface area contributed by atoms with Crippen molar-refractivity contribution in [3.8, 4) is 0 Å². The Morgan fingerprint density at radius 2 is 1.94 bits per heavy atom. The maximum absolute atomic E-state index is 11.6. The van der Waals surface area contributed by atoms with Gasteiger partial charge in [-0.2, -0.15) is 0 Å². The van der Waals surface area contributed by atoms with Crippen LogP contribution >= 0.6 is 12.4 Å². The molecule has 1 fully saturated rings. The Hall–Kier alpha value is -0.810.